The highest BCUT2D eigenvalue weighted by molar-refractivity contribution is 6.50. The topological polar surface area (TPSA) is 68.3 Å². The van der Waals surface area contributed by atoms with Gasteiger partial charge in [0.05, 0.1) is 10.1 Å². The zero-order chi connectivity index (χ0) is 23.5. The van der Waals surface area contributed by atoms with Crippen molar-refractivity contribution in [3.05, 3.63) is 92.0 Å². The van der Waals surface area contributed by atoms with E-state index in [9.17, 15) is 19.2 Å². The maximum absolute atomic E-state index is 12.7. The van der Waals surface area contributed by atoms with E-state index in [2.05, 4.69) is 0 Å². The average Bonchev–Trinajstić information content (AvgIpc) is 2.84. The van der Waals surface area contributed by atoms with Gasteiger partial charge in [-0.15, -0.1) is 0 Å². The predicted molar refractivity (Wildman–Crippen MR) is 128 cm³/mol. The fraction of sp³-hybridized carbons (Fsp3) is 0.259. The second kappa shape index (κ2) is 9.98. The monoisotopic (exact) mass is 480 g/mol. The van der Waals surface area contributed by atoms with Gasteiger partial charge in [-0.25, -0.2) is 0 Å². The van der Waals surface area contributed by atoms with Crippen LogP contribution in [-0.2, 0) is 0 Å². The largest absolute Gasteiger partial charge is 0.289 e. The van der Waals surface area contributed by atoms with Gasteiger partial charge in [0, 0.05) is 33.4 Å². The van der Waals surface area contributed by atoms with Gasteiger partial charge in [-0.2, -0.15) is 0 Å². The smallest absolute Gasteiger partial charge is 0.205 e. The summed E-state index contributed by atoms with van der Waals surface area (Å²) in [6.07, 6.45) is 5.00. The summed E-state index contributed by atoms with van der Waals surface area (Å²) in [6.45, 7) is 0. The summed E-state index contributed by atoms with van der Waals surface area (Å²) in [4.78, 5) is 50.3. The van der Waals surface area contributed by atoms with Crippen molar-refractivity contribution in [1.29, 1.82) is 0 Å². The van der Waals surface area contributed by atoms with Crippen LogP contribution in [0.2, 0.25) is 0 Å². The van der Waals surface area contributed by atoms with Crippen LogP contribution in [0.1, 0.15) is 86.4 Å². The number of allylic oxidation sites excluding steroid dienone is 4. The number of carbonyl (C=O) groups excluding carboxylic acids is 4. The Balaban J connectivity index is 1.26. The van der Waals surface area contributed by atoms with Crippen LogP contribution in [0.25, 0.3) is 0 Å². The molecule has 4 rings (SSSR count). The van der Waals surface area contributed by atoms with Crippen molar-refractivity contribution in [3.8, 4) is 0 Å². The zero-order valence-electron chi connectivity index (χ0n) is 18.0. The maximum Gasteiger partial charge on any atom is 0.205 e. The number of fused-ring (bicyclic) bond motifs is 2. The van der Waals surface area contributed by atoms with E-state index in [-0.39, 0.29) is 33.2 Å². The number of unbranched alkanes of at least 4 members (excludes halogenated alkanes) is 4. The van der Waals surface area contributed by atoms with Crippen LogP contribution in [0.4, 0.5) is 0 Å². The SMILES string of the molecule is O=C1C(Cl)=C(CCCCCCCC2=C(Cl)C(=O)c3ccccc3C2=O)C(=O)c2ccccc21. The van der Waals surface area contributed by atoms with Gasteiger partial charge in [-0.05, 0) is 25.7 Å². The molecule has 0 bridgehead atoms. The molecule has 0 aromatic heterocycles. The van der Waals surface area contributed by atoms with Gasteiger partial charge in [-0.1, -0.05) is 91.0 Å². The molecule has 0 heterocycles. The lowest BCUT2D eigenvalue weighted by atomic mass is 9.86. The molecule has 0 N–H and O–H groups in total. The summed E-state index contributed by atoms with van der Waals surface area (Å²) >= 11 is 12.4. The van der Waals surface area contributed by atoms with E-state index >= 15 is 0 Å². The first-order valence-corrected chi connectivity index (χ1v) is 11.8. The van der Waals surface area contributed by atoms with Crippen molar-refractivity contribution in [1.82, 2.24) is 0 Å². The number of hydrogen-bond donors (Lipinski definition) is 0. The van der Waals surface area contributed by atoms with Crippen molar-refractivity contribution < 1.29 is 19.2 Å². The van der Waals surface area contributed by atoms with E-state index in [1.165, 1.54) is 0 Å². The minimum Gasteiger partial charge on any atom is -0.289 e. The molecule has 6 heteroatoms. The Kier molecular flexibility index (Phi) is 7.06. The second-order valence-corrected chi connectivity index (χ2v) is 9.02. The number of ketones is 4. The molecular formula is C27H22Cl2O4. The lowest BCUT2D eigenvalue weighted by molar-refractivity contribution is 0.0977. The van der Waals surface area contributed by atoms with E-state index in [1.807, 2.05) is 0 Å². The third kappa shape index (κ3) is 4.50. The lowest BCUT2D eigenvalue weighted by Crippen LogP contribution is -2.20. The zero-order valence-corrected chi connectivity index (χ0v) is 19.5. The van der Waals surface area contributed by atoms with Crippen LogP contribution in [-0.4, -0.2) is 23.1 Å². The van der Waals surface area contributed by atoms with Gasteiger partial charge >= 0.3 is 0 Å². The normalized spacial score (nSPS) is 15.8. The van der Waals surface area contributed by atoms with Gasteiger partial charge in [0.25, 0.3) is 0 Å². The molecular weight excluding hydrogens is 459 g/mol. The summed E-state index contributed by atoms with van der Waals surface area (Å²) in [5.74, 6) is -0.921. The standard InChI is InChI=1S/C27H22Cl2O4/c28-22-20(24(30)16-10-6-8-12-18(16)26(22)32)14-4-2-1-3-5-15-21-23(29)27(33)19-13-9-7-11-17(19)25(21)31/h6-13H,1-5,14-15H2. The highest BCUT2D eigenvalue weighted by Gasteiger charge is 2.31. The molecule has 0 spiro atoms. The molecule has 0 saturated heterocycles. The maximum atomic E-state index is 12.7. The summed E-state index contributed by atoms with van der Waals surface area (Å²) in [5.41, 5.74) is 2.34. The van der Waals surface area contributed by atoms with Crippen molar-refractivity contribution in [2.45, 2.75) is 44.9 Å². The fourth-order valence-corrected chi connectivity index (χ4v) is 4.94. The second-order valence-electron chi connectivity index (χ2n) is 8.26. The molecule has 0 atom stereocenters. The summed E-state index contributed by atoms with van der Waals surface area (Å²) in [6, 6.07) is 13.5. The molecule has 0 saturated carbocycles. The van der Waals surface area contributed by atoms with Crippen LogP contribution in [0.5, 0.6) is 0 Å². The molecule has 0 radical (unpaired) electrons. The molecule has 2 aliphatic rings. The van der Waals surface area contributed by atoms with E-state index in [0.29, 0.717) is 46.2 Å². The Bertz CT molecular complexity index is 1140. The molecule has 2 aromatic carbocycles. The van der Waals surface area contributed by atoms with E-state index in [4.69, 9.17) is 23.2 Å². The Morgan fingerprint density at radius 1 is 0.455 bits per heavy atom. The first-order valence-electron chi connectivity index (χ1n) is 11.1. The van der Waals surface area contributed by atoms with E-state index in [1.54, 1.807) is 48.5 Å². The first-order chi connectivity index (χ1) is 15.9. The van der Waals surface area contributed by atoms with Crippen molar-refractivity contribution in [2.24, 2.45) is 0 Å². The molecule has 33 heavy (non-hydrogen) atoms. The Labute approximate surface area is 202 Å². The quantitative estimate of drug-likeness (QED) is 0.386. The minimum atomic E-state index is -0.291. The number of halogens is 2. The molecule has 0 unspecified atom stereocenters. The van der Waals surface area contributed by atoms with Gasteiger partial charge in [-0.3, -0.25) is 19.2 Å². The van der Waals surface area contributed by atoms with E-state index in [0.717, 1.165) is 32.1 Å². The highest BCUT2D eigenvalue weighted by Crippen LogP contribution is 2.33. The number of carbonyl (C=O) groups is 4. The van der Waals surface area contributed by atoms with Gasteiger partial charge in [0.15, 0.2) is 11.6 Å². The number of benzene rings is 2. The number of rotatable bonds is 8. The lowest BCUT2D eigenvalue weighted by Gasteiger charge is -2.18. The summed E-state index contributed by atoms with van der Waals surface area (Å²) in [7, 11) is 0. The Morgan fingerprint density at radius 3 is 1.12 bits per heavy atom. The van der Waals surface area contributed by atoms with Crippen molar-refractivity contribution in [2.75, 3.05) is 0 Å². The Hall–Kier alpha value is -2.82. The predicted octanol–water partition coefficient (Wildman–Crippen LogP) is 6.86. The number of hydrogen-bond acceptors (Lipinski definition) is 4. The molecule has 0 aliphatic heterocycles. The highest BCUT2D eigenvalue weighted by atomic mass is 35.5. The van der Waals surface area contributed by atoms with E-state index < -0.39 is 0 Å². The third-order valence-electron chi connectivity index (χ3n) is 6.16. The summed E-state index contributed by atoms with van der Waals surface area (Å²) < 4.78 is 0. The van der Waals surface area contributed by atoms with Gasteiger partial charge in [0.2, 0.25) is 11.6 Å². The van der Waals surface area contributed by atoms with Crippen LogP contribution >= 0.6 is 23.2 Å². The molecule has 4 nitrogen and oxygen atoms in total. The fourth-order valence-electron chi connectivity index (χ4n) is 4.37. The molecule has 2 aromatic rings. The number of Topliss-reactive ketones (excluding diaryl/α,β-unsaturated/α-hetero) is 4. The van der Waals surface area contributed by atoms with Crippen molar-refractivity contribution in [3.63, 3.8) is 0 Å². The third-order valence-corrected chi connectivity index (χ3v) is 6.96. The van der Waals surface area contributed by atoms with Crippen LogP contribution in [0.15, 0.2) is 69.7 Å². The van der Waals surface area contributed by atoms with Gasteiger partial charge < -0.3 is 0 Å². The summed E-state index contributed by atoms with van der Waals surface area (Å²) in [5, 5.41) is 0.0575. The van der Waals surface area contributed by atoms with Crippen molar-refractivity contribution >= 4 is 46.3 Å². The molecule has 2 aliphatic carbocycles. The molecule has 0 amide bonds. The Morgan fingerprint density at radius 2 is 0.758 bits per heavy atom. The van der Waals surface area contributed by atoms with Crippen LogP contribution in [0.3, 0.4) is 0 Å². The van der Waals surface area contributed by atoms with Crippen LogP contribution in [0, 0.1) is 0 Å². The van der Waals surface area contributed by atoms with Gasteiger partial charge in [0.1, 0.15) is 0 Å². The van der Waals surface area contributed by atoms with Crippen LogP contribution < -0.4 is 0 Å². The molecule has 0 fully saturated rings. The molecule has 168 valence electrons. The minimum absolute atomic E-state index is 0.0287. The first kappa shape index (κ1) is 23.3. The average molecular weight is 481 g/mol.